The molecular formula is C13H11ClFN3O2S. The third-order valence-corrected chi connectivity index (χ3v) is 3.61. The average Bonchev–Trinajstić information content (AvgIpc) is 2.40. The molecule has 2 rings (SSSR count). The Hall–Kier alpha value is -1.86. The molecule has 1 aromatic carbocycles. The number of carbonyl (C=O) groups is 1. The first-order chi connectivity index (χ1) is 9.94. The summed E-state index contributed by atoms with van der Waals surface area (Å²) in [5.41, 5.74) is 0.619. The standard InChI is InChI=1S/C13H11ClFN3O2S/c1-7-4-12(18-13(20)16-7)21-6-11(19)17-8-2-3-10(15)9(14)5-8/h2-5H,6H2,1H3,(H,17,19)(H,16,18,20). The normalized spacial score (nSPS) is 10.4. The van der Waals surface area contributed by atoms with E-state index in [2.05, 4.69) is 15.3 Å². The molecule has 0 atom stereocenters. The van der Waals surface area contributed by atoms with Gasteiger partial charge < -0.3 is 10.3 Å². The second kappa shape index (κ2) is 6.73. The minimum Gasteiger partial charge on any atom is -0.325 e. The van der Waals surface area contributed by atoms with Gasteiger partial charge in [0.15, 0.2) is 0 Å². The van der Waals surface area contributed by atoms with Crippen LogP contribution in [0.1, 0.15) is 5.69 Å². The molecule has 21 heavy (non-hydrogen) atoms. The molecule has 5 nitrogen and oxygen atoms in total. The number of nitrogens with zero attached hydrogens (tertiary/aromatic N) is 1. The fourth-order valence-corrected chi connectivity index (χ4v) is 2.47. The van der Waals surface area contributed by atoms with Crippen LogP contribution in [0.25, 0.3) is 0 Å². The number of hydrogen-bond donors (Lipinski definition) is 2. The number of H-pyrrole nitrogens is 1. The van der Waals surface area contributed by atoms with Crippen molar-refractivity contribution in [2.45, 2.75) is 11.9 Å². The van der Waals surface area contributed by atoms with Gasteiger partial charge in [-0.15, -0.1) is 0 Å². The van der Waals surface area contributed by atoms with Crippen LogP contribution in [-0.2, 0) is 4.79 Å². The first-order valence-corrected chi connectivity index (χ1v) is 7.26. The van der Waals surface area contributed by atoms with Crippen molar-refractivity contribution in [3.8, 4) is 0 Å². The largest absolute Gasteiger partial charge is 0.346 e. The lowest BCUT2D eigenvalue weighted by Crippen LogP contribution is -2.16. The van der Waals surface area contributed by atoms with E-state index in [1.165, 1.54) is 18.2 Å². The highest BCUT2D eigenvalue weighted by molar-refractivity contribution is 7.99. The van der Waals surface area contributed by atoms with Crippen LogP contribution in [-0.4, -0.2) is 21.6 Å². The number of aryl methyl sites for hydroxylation is 1. The number of anilines is 1. The van der Waals surface area contributed by atoms with Crippen LogP contribution >= 0.6 is 23.4 Å². The fourth-order valence-electron chi connectivity index (χ4n) is 1.53. The predicted molar refractivity (Wildman–Crippen MR) is 80.4 cm³/mol. The topological polar surface area (TPSA) is 74.8 Å². The van der Waals surface area contributed by atoms with Gasteiger partial charge in [-0.25, -0.2) is 9.18 Å². The lowest BCUT2D eigenvalue weighted by molar-refractivity contribution is -0.113. The first kappa shape index (κ1) is 15.5. The molecule has 0 saturated heterocycles. The highest BCUT2D eigenvalue weighted by Gasteiger charge is 2.07. The SMILES string of the molecule is Cc1cc(SCC(=O)Nc2ccc(F)c(Cl)c2)nc(=O)[nH]1. The second-order valence-electron chi connectivity index (χ2n) is 4.17. The number of carbonyl (C=O) groups excluding carboxylic acids is 1. The van der Waals surface area contributed by atoms with Crippen LogP contribution in [0.2, 0.25) is 5.02 Å². The van der Waals surface area contributed by atoms with Gasteiger partial charge in [0, 0.05) is 11.4 Å². The summed E-state index contributed by atoms with van der Waals surface area (Å²) in [5.74, 6) is -0.778. The lowest BCUT2D eigenvalue weighted by atomic mass is 10.3. The number of thioether (sulfide) groups is 1. The van der Waals surface area contributed by atoms with Gasteiger partial charge >= 0.3 is 5.69 Å². The quantitative estimate of drug-likeness (QED) is 0.668. The smallest absolute Gasteiger partial charge is 0.325 e. The van der Waals surface area contributed by atoms with E-state index >= 15 is 0 Å². The Balaban J connectivity index is 1.95. The zero-order chi connectivity index (χ0) is 15.4. The highest BCUT2D eigenvalue weighted by Crippen LogP contribution is 2.20. The number of nitrogens with one attached hydrogen (secondary N) is 2. The molecule has 0 fully saturated rings. The van der Waals surface area contributed by atoms with Crippen molar-refractivity contribution in [3.05, 3.63) is 51.3 Å². The van der Waals surface area contributed by atoms with E-state index in [1.807, 2.05) is 0 Å². The Morgan fingerprint density at radius 1 is 1.48 bits per heavy atom. The maximum Gasteiger partial charge on any atom is 0.346 e. The third-order valence-electron chi connectivity index (χ3n) is 2.41. The van der Waals surface area contributed by atoms with Crippen molar-refractivity contribution in [2.75, 3.05) is 11.1 Å². The Morgan fingerprint density at radius 3 is 2.90 bits per heavy atom. The molecule has 110 valence electrons. The van der Waals surface area contributed by atoms with E-state index in [1.54, 1.807) is 13.0 Å². The van der Waals surface area contributed by atoms with Crippen molar-refractivity contribution in [1.29, 1.82) is 0 Å². The van der Waals surface area contributed by atoms with Crippen LogP contribution in [0.3, 0.4) is 0 Å². The number of aromatic amines is 1. The molecule has 0 spiro atoms. The van der Waals surface area contributed by atoms with Gasteiger partial charge in [-0.2, -0.15) is 4.98 Å². The molecule has 1 amide bonds. The number of benzene rings is 1. The van der Waals surface area contributed by atoms with Crippen LogP contribution in [0.4, 0.5) is 10.1 Å². The van der Waals surface area contributed by atoms with E-state index in [9.17, 15) is 14.0 Å². The van der Waals surface area contributed by atoms with Gasteiger partial charge in [-0.1, -0.05) is 23.4 Å². The third kappa shape index (κ3) is 4.57. The minimum atomic E-state index is -0.549. The predicted octanol–water partition coefficient (Wildman–Crippen LogP) is 2.60. The molecule has 2 N–H and O–H groups in total. The van der Waals surface area contributed by atoms with Gasteiger partial charge in [-0.3, -0.25) is 4.79 Å². The van der Waals surface area contributed by atoms with Crippen LogP contribution in [0.5, 0.6) is 0 Å². The maximum atomic E-state index is 13.0. The first-order valence-electron chi connectivity index (χ1n) is 5.90. The van der Waals surface area contributed by atoms with Gasteiger partial charge in [0.1, 0.15) is 10.8 Å². The zero-order valence-electron chi connectivity index (χ0n) is 10.9. The van der Waals surface area contributed by atoms with Gasteiger partial charge in [0.2, 0.25) is 5.91 Å². The van der Waals surface area contributed by atoms with Crippen molar-refractivity contribution in [2.24, 2.45) is 0 Å². The molecule has 0 bridgehead atoms. The van der Waals surface area contributed by atoms with Gasteiger partial charge in [-0.05, 0) is 31.2 Å². The Bertz CT molecular complexity index is 736. The number of amides is 1. The van der Waals surface area contributed by atoms with Crippen molar-refractivity contribution in [1.82, 2.24) is 9.97 Å². The van der Waals surface area contributed by atoms with E-state index < -0.39 is 11.5 Å². The van der Waals surface area contributed by atoms with Crippen molar-refractivity contribution in [3.63, 3.8) is 0 Å². The van der Waals surface area contributed by atoms with E-state index in [-0.39, 0.29) is 16.7 Å². The summed E-state index contributed by atoms with van der Waals surface area (Å²) in [4.78, 5) is 29.2. The second-order valence-corrected chi connectivity index (χ2v) is 5.58. The van der Waals surface area contributed by atoms with E-state index in [0.29, 0.717) is 16.4 Å². The summed E-state index contributed by atoms with van der Waals surface area (Å²) >= 11 is 6.76. The van der Waals surface area contributed by atoms with Crippen LogP contribution in [0, 0.1) is 12.7 Å². The fraction of sp³-hybridized carbons (Fsp3) is 0.154. The maximum absolute atomic E-state index is 13.0. The molecule has 0 aliphatic carbocycles. The number of rotatable bonds is 4. The molecule has 0 radical (unpaired) electrons. The molecule has 1 heterocycles. The molecule has 0 unspecified atom stereocenters. The molecule has 0 aliphatic rings. The summed E-state index contributed by atoms with van der Waals surface area (Å²) in [6.45, 7) is 1.73. The Kier molecular flexibility index (Phi) is 4.98. The van der Waals surface area contributed by atoms with Crippen LogP contribution in [0.15, 0.2) is 34.1 Å². The van der Waals surface area contributed by atoms with Crippen molar-refractivity contribution < 1.29 is 9.18 Å². The summed E-state index contributed by atoms with van der Waals surface area (Å²) in [7, 11) is 0. The lowest BCUT2D eigenvalue weighted by Gasteiger charge is -2.06. The Labute approximate surface area is 128 Å². The van der Waals surface area contributed by atoms with Gasteiger partial charge in [0.25, 0.3) is 0 Å². The van der Waals surface area contributed by atoms with E-state index in [0.717, 1.165) is 11.8 Å². The summed E-state index contributed by atoms with van der Waals surface area (Å²) < 4.78 is 13.0. The molecule has 8 heteroatoms. The monoisotopic (exact) mass is 327 g/mol. The Morgan fingerprint density at radius 2 is 2.24 bits per heavy atom. The molecule has 2 aromatic rings. The van der Waals surface area contributed by atoms with Crippen LogP contribution < -0.4 is 11.0 Å². The zero-order valence-corrected chi connectivity index (χ0v) is 12.5. The molecule has 1 aromatic heterocycles. The molecule has 0 aliphatic heterocycles. The summed E-state index contributed by atoms with van der Waals surface area (Å²) in [5, 5.41) is 2.98. The van der Waals surface area contributed by atoms with E-state index in [4.69, 9.17) is 11.6 Å². The highest BCUT2D eigenvalue weighted by atomic mass is 35.5. The average molecular weight is 328 g/mol. The molecular weight excluding hydrogens is 317 g/mol. The van der Waals surface area contributed by atoms with Gasteiger partial charge in [0.05, 0.1) is 10.8 Å². The number of halogens is 2. The van der Waals surface area contributed by atoms with Crippen molar-refractivity contribution >= 4 is 35.0 Å². The number of hydrogen-bond acceptors (Lipinski definition) is 4. The number of aromatic nitrogens is 2. The summed E-state index contributed by atoms with van der Waals surface area (Å²) in [6, 6.07) is 5.59. The summed E-state index contributed by atoms with van der Waals surface area (Å²) in [6.07, 6.45) is 0. The molecule has 0 saturated carbocycles. The minimum absolute atomic E-state index is 0.0627.